The van der Waals surface area contributed by atoms with E-state index >= 15 is 0 Å². The molecule has 1 aromatic rings. The number of hydrogen-bond acceptors (Lipinski definition) is 1. The lowest BCUT2D eigenvalue weighted by Crippen LogP contribution is -2.44. The van der Waals surface area contributed by atoms with Gasteiger partial charge < -0.3 is 10.2 Å². The molecule has 1 heterocycles. The lowest BCUT2D eigenvalue weighted by Gasteiger charge is -2.35. The van der Waals surface area contributed by atoms with Crippen LogP contribution in [0.1, 0.15) is 26.2 Å². The molecule has 0 radical (unpaired) electrons. The summed E-state index contributed by atoms with van der Waals surface area (Å²) in [7, 11) is 0. The SMILES string of the molecule is C[C@H]1CCCCN1C(=S)Nc1cc(F)cc(F)c1. The van der Waals surface area contributed by atoms with Gasteiger partial charge in [0, 0.05) is 24.3 Å². The minimum atomic E-state index is -0.605. The second-order valence-electron chi connectivity index (χ2n) is 4.63. The topological polar surface area (TPSA) is 15.3 Å². The van der Waals surface area contributed by atoms with Gasteiger partial charge in [0.25, 0.3) is 0 Å². The molecule has 2 rings (SSSR count). The number of hydrogen-bond donors (Lipinski definition) is 1. The van der Waals surface area contributed by atoms with Crippen LogP contribution in [-0.2, 0) is 0 Å². The maximum atomic E-state index is 13.1. The first kappa shape index (κ1) is 13.2. The van der Waals surface area contributed by atoms with E-state index in [0.29, 0.717) is 16.8 Å². The Hall–Kier alpha value is -1.23. The van der Waals surface area contributed by atoms with Crippen LogP contribution in [0.4, 0.5) is 14.5 Å². The van der Waals surface area contributed by atoms with E-state index in [-0.39, 0.29) is 0 Å². The monoisotopic (exact) mass is 270 g/mol. The minimum absolute atomic E-state index is 0.357. The molecule has 5 heteroatoms. The Labute approximate surface area is 111 Å². The number of nitrogens with one attached hydrogen (secondary N) is 1. The fraction of sp³-hybridized carbons (Fsp3) is 0.462. The molecule has 0 bridgehead atoms. The molecule has 0 aliphatic carbocycles. The van der Waals surface area contributed by atoms with E-state index in [1.165, 1.54) is 18.6 Å². The van der Waals surface area contributed by atoms with Gasteiger partial charge in [-0.3, -0.25) is 0 Å². The first-order valence-corrected chi connectivity index (χ1v) is 6.51. The van der Waals surface area contributed by atoms with E-state index in [0.717, 1.165) is 25.5 Å². The molecule has 1 saturated heterocycles. The number of likely N-dealkylation sites (tertiary alicyclic amines) is 1. The summed E-state index contributed by atoms with van der Waals surface area (Å²) in [6.07, 6.45) is 3.40. The summed E-state index contributed by atoms with van der Waals surface area (Å²) in [5.74, 6) is -1.21. The highest BCUT2D eigenvalue weighted by molar-refractivity contribution is 7.80. The average Bonchev–Trinajstić information content (AvgIpc) is 2.27. The van der Waals surface area contributed by atoms with Crippen LogP contribution in [-0.4, -0.2) is 22.6 Å². The van der Waals surface area contributed by atoms with Gasteiger partial charge in [0.05, 0.1) is 0 Å². The van der Waals surface area contributed by atoms with Gasteiger partial charge in [-0.25, -0.2) is 8.78 Å². The largest absolute Gasteiger partial charge is 0.346 e. The zero-order valence-electron chi connectivity index (χ0n) is 10.2. The zero-order chi connectivity index (χ0) is 13.1. The van der Waals surface area contributed by atoms with Gasteiger partial charge in [-0.15, -0.1) is 0 Å². The maximum absolute atomic E-state index is 13.1. The minimum Gasteiger partial charge on any atom is -0.346 e. The molecule has 1 atom stereocenters. The van der Waals surface area contributed by atoms with Crippen molar-refractivity contribution in [2.45, 2.75) is 32.2 Å². The van der Waals surface area contributed by atoms with Gasteiger partial charge >= 0.3 is 0 Å². The van der Waals surface area contributed by atoms with Gasteiger partial charge in [-0.2, -0.15) is 0 Å². The summed E-state index contributed by atoms with van der Waals surface area (Å²) in [4.78, 5) is 2.07. The third kappa shape index (κ3) is 3.16. The molecule has 18 heavy (non-hydrogen) atoms. The molecule has 98 valence electrons. The Kier molecular flexibility index (Phi) is 4.11. The maximum Gasteiger partial charge on any atom is 0.173 e. The smallest absolute Gasteiger partial charge is 0.173 e. The third-order valence-corrected chi connectivity index (χ3v) is 3.51. The van der Waals surface area contributed by atoms with Crippen LogP contribution in [0.3, 0.4) is 0 Å². The molecule has 0 aromatic heterocycles. The van der Waals surface area contributed by atoms with E-state index in [1.54, 1.807) is 0 Å². The number of halogens is 2. The second-order valence-corrected chi connectivity index (χ2v) is 5.01. The summed E-state index contributed by atoms with van der Waals surface area (Å²) in [6.45, 7) is 3.00. The zero-order valence-corrected chi connectivity index (χ0v) is 11.1. The van der Waals surface area contributed by atoms with Crippen molar-refractivity contribution in [2.24, 2.45) is 0 Å². The highest BCUT2D eigenvalue weighted by Gasteiger charge is 2.20. The van der Waals surface area contributed by atoms with E-state index in [4.69, 9.17) is 12.2 Å². The second kappa shape index (κ2) is 5.61. The van der Waals surface area contributed by atoms with E-state index in [2.05, 4.69) is 17.1 Å². The van der Waals surface area contributed by atoms with E-state index in [9.17, 15) is 8.78 Å². The molecule has 1 aromatic carbocycles. The predicted octanol–water partition coefficient (Wildman–Crippen LogP) is 3.54. The Morgan fingerprint density at radius 1 is 1.28 bits per heavy atom. The lowest BCUT2D eigenvalue weighted by atomic mass is 10.0. The molecule has 1 aliphatic rings. The van der Waals surface area contributed by atoms with Gasteiger partial charge in [-0.05, 0) is 50.5 Å². The van der Waals surface area contributed by atoms with Crippen LogP contribution >= 0.6 is 12.2 Å². The standard InChI is InChI=1S/C13H16F2N2S/c1-9-4-2-3-5-17(9)13(18)16-12-7-10(14)6-11(15)8-12/h6-9H,2-5H2,1H3,(H,16,18)/t9-/m0/s1. The first-order valence-electron chi connectivity index (χ1n) is 6.10. The third-order valence-electron chi connectivity index (χ3n) is 3.18. The number of benzene rings is 1. The average molecular weight is 270 g/mol. The number of thiocarbonyl (C=S) groups is 1. The summed E-state index contributed by atoms with van der Waals surface area (Å²) in [5, 5.41) is 3.44. The van der Waals surface area contributed by atoms with Crippen LogP contribution in [0.2, 0.25) is 0 Å². The van der Waals surface area contributed by atoms with Crippen molar-refractivity contribution in [3.8, 4) is 0 Å². The molecule has 1 N–H and O–H groups in total. The number of rotatable bonds is 1. The Morgan fingerprint density at radius 3 is 2.56 bits per heavy atom. The van der Waals surface area contributed by atoms with Crippen LogP contribution in [0, 0.1) is 11.6 Å². The van der Waals surface area contributed by atoms with Gasteiger partial charge in [0.15, 0.2) is 5.11 Å². The van der Waals surface area contributed by atoms with Crippen molar-refractivity contribution >= 4 is 23.0 Å². The normalized spacial score (nSPS) is 19.7. The quantitative estimate of drug-likeness (QED) is 0.786. The number of nitrogens with zero attached hydrogens (tertiary/aromatic N) is 1. The Morgan fingerprint density at radius 2 is 1.94 bits per heavy atom. The van der Waals surface area contributed by atoms with Crippen molar-refractivity contribution < 1.29 is 8.78 Å². The van der Waals surface area contributed by atoms with Crippen LogP contribution in [0.15, 0.2) is 18.2 Å². The summed E-state index contributed by atoms with van der Waals surface area (Å²) in [6, 6.07) is 3.70. The van der Waals surface area contributed by atoms with E-state index in [1.807, 2.05) is 0 Å². The number of anilines is 1. The molecule has 1 aliphatic heterocycles. The molecule has 0 unspecified atom stereocenters. The van der Waals surface area contributed by atoms with Crippen molar-refractivity contribution in [1.82, 2.24) is 4.90 Å². The summed E-state index contributed by atoms with van der Waals surface area (Å²) < 4.78 is 26.1. The van der Waals surface area contributed by atoms with Gasteiger partial charge in [0.1, 0.15) is 11.6 Å². The van der Waals surface area contributed by atoms with Crippen LogP contribution in [0.25, 0.3) is 0 Å². The molecular formula is C13H16F2N2S. The Bertz CT molecular complexity index is 430. The lowest BCUT2D eigenvalue weighted by molar-refractivity contribution is 0.262. The molecule has 0 amide bonds. The van der Waals surface area contributed by atoms with Gasteiger partial charge in [-0.1, -0.05) is 0 Å². The fourth-order valence-corrected chi connectivity index (χ4v) is 2.61. The van der Waals surface area contributed by atoms with E-state index < -0.39 is 11.6 Å². The summed E-state index contributed by atoms with van der Waals surface area (Å²) >= 11 is 5.29. The molecule has 1 fully saturated rings. The van der Waals surface area contributed by atoms with Crippen molar-refractivity contribution in [2.75, 3.05) is 11.9 Å². The molecule has 0 saturated carbocycles. The van der Waals surface area contributed by atoms with Crippen molar-refractivity contribution in [3.05, 3.63) is 29.8 Å². The van der Waals surface area contributed by atoms with Crippen molar-refractivity contribution in [3.63, 3.8) is 0 Å². The highest BCUT2D eigenvalue weighted by Crippen LogP contribution is 2.19. The fourth-order valence-electron chi connectivity index (χ4n) is 2.22. The van der Waals surface area contributed by atoms with Crippen LogP contribution < -0.4 is 5.32 Å². The van der Waals surface area contributed by atoms with Crippen molar-refractivity contribution in [1.29, 1.82) is 0 Å². The molecular weight excluding hydrogens is 254 g/mol. The molecule has 0 spiro atoms. The first-order chi connectivity index (χ1) is 8.56. The predicted molar refractivity (Wildman–Crippen MR) is 72.6 cm³/mol. The summed E-state index contributed by atoms with van der Waals surface area (Å²) in [5.41, 5.74) is 0.357. The Balaban J connectivity index is 2.06. The van der Waals surface area contributed by atoms with Crippen LogP contribution in [0.5, 0.6) is 0 Å². The highest BCUT2D eigenvalue weighted by atomic mass is 32.1. The molecule has 2 nitrogen and oxygen atoms in total. The number of piperidine rings is 1. The van der Waals surface area contributed by atoms with Gasteiger partial charge in [0.2, 0.25) is 0 Å².